The Balaban J connectivity index is 1.65. The van der Waals surface area contributed by atoms with Crippen molar-refractivity contribution < 1.29 is 14.4 Å². The fourth-order valence-electron chi connectivity index (χ4n) is 3.48. The van der Waals surface area contributed by atoms with Gasteiger partial charge in [-0.05, 0) is 56.2 Å². The van der Waals surface area contributed by atoms with Gasteiger partial charge in [-0.25, -0.2) is 0 Å². The molecular formula is C23H27N3O3. The minimum Gasteiger partial charge on any atom is -0.339 e. The van der Waals surface area contributed by atoms with Crippen molar-refractivity contribution in [1.29, 1.82) is 0 Å². The zero-order valence-electron chi connectivity index (χ0n) is 17.0. The number of benzene rings is 2. The molecule has 1 aliphatic heterocycles. The van der Waals surface area contributed by atoms with Gasteiger partial charge in [0.1, 0.15) is 0 Å². The van der Waals surface area contributed by atoms with Crippen LogP contribution in [0.2, 0.25) is 0 Å². The Labute approximate surface area is 171 Å². The van der Waals surface area contributed by atoms with Crippen LogP contribution in [0.3, 0.4) is 0 Å². The Morgan fingerprint density at radius 1 is 1.03 bits per heavy atom. The molecule has 1 heterocycles. The van der Waals surface area contributed by atoms with E-state index >= 15 is 0 Å². The molecule has 3 amide bonds. The summed E-state index contributed by atoms with van der Waals surface area (Å²) in [6, 6.07) is 14.3. The number of hydrogen-bond acceptors (Lipinski definition) is 3. The van der Waals surface area contributed by atoms with Crippen molar-refractivity contribution in [3.05, 3.63) is 65.2 Å². The van der Waals surface area contributed by atoms with E-state index in [-0.39, 0.29) is 17.7 Å². The molecule has 2 aromatic carbocycles. The third-order valence-electron chi connectivity index (χ3n) is 5.18. The molecule has 152 valence electrons. The number of likely N-dealkylation sites (tertiary alicyclic amines) is 1. The van der Waals surface area contributed by atoms with E-state index in [2.05, 4.69) is 5.32 Å². The summed E-state index contributed by atoms with van der Waals surface area (Å²) in [5, 5.41) is 2.85. The summed E-state index contributed by atoms with van der Waals surface area (Å²) in [5.41, 5.74) is 2.67. The smallest absolute Gasteiger partial charge is 0.255 e. The van der Waals surface area contributed by atoms with Gasteiger partial charge in [0.25, 0.3) is 11.8 Å². The number of carbonyl (C=O) groups excluding carboxylic acids is 3. The lowest BCUT2D eigenvalue weighted by atomic mass is 10.1. The number of amides is 3. The van der Waals surface area contributed by atoms with Gasteiger partial charge in [0.05, 0.1) is 0 Å². The molecule has 0 aromatic heterocycles. The molecule has 1 fully saturated rings. The summed E-state index contributed by atoms with van der Waals surface area (Å²) in [5.74, 6) is -0.0980. The molecule has 0 atom stereocenters. The molecule has 0 aliphatic carbocycles. The fraction of sp³-hybridized carbons (Fsp3) is 0.348. The quantitative estimate of drug-likeness (QED) is 0.782. The number of hydrogen-bond donors (Lipinski definition) is 1. The SMILES string of the molecule is CCN(CC)C(=O)c1cccc(NC(=O)c2ccc(CN3CCCC3=O)cc2)c1. The van der Waals surface area contributed by atoms with E-state index in [1.165, 1.54) is 0 Å². The van der Waals surface area contributed by atoms with Crippen molar-refractivity contribution in [2.75, 3.05) is 25.0 Å². The Morgan fingerprint density at radius 3 is 2.38 bits per heavy atom. The van der Waals surface area contributed by atoms with Gasteiger partial charge in [-0.1, -0.05) is 18.2 Å². The minimum absolute atomic E-state index is 0.0492. The Kier molecular flexibility index (Phi) is 6.65. The molecule has 0 bridgehead atoms. The zero-order chi connectivity index (χ0) is 20.8. The molecule has 1 saturated heterocycles. The van der Waals surface area contributed by atoms with Crippen LogP contribution in [0, 0.1) is 0 Å². The molecule has 1 aliphatic rings. The van der Waals surface area contributed by atoms with E-state index in [1.54, 1.807) is 41.3 Å². The third kappa shape index (κ3) is 5.02. The van der Waals surface area contributed by atoms with Crippen molar-refractivity contribution in [2.45, 2.75) is 33.2 Å². The van der Waals surface area contributed by atoms with Crippen LogP contribution in [0.4, 0.5) is 5.69 Å². The molecular weight excluding hydrogens is 366 g/mol. The average Bonchev–Trinajstić information content (AvgIpc) is 3.14. The lowest BCUT2D eigenvalue weighted by Gasteiger charge is -2.19. The normalized spacial score (nSPS) is 13.4. The number of anilines is 1. The highest BCUT2D eigenvalue weighted by Gasteiger charge is 2.20. The standard InChI is InChI=1S/C23H27N3O3/c1-3-25(4-2)23(29)19-7-5-8-20(15-19)24-22(28)18-12-10-17(11-13-18)16-26-14-6-9-21(26)27/h5,7-8,10-13,15H,3-4,6,9,14,16H2,1-2H3,(H,24,28). The first-order valence-corrected chi connectivity index (χ1v) is 10.1. The zero-order valence-corrected chi connectivity index (χ0v) is 17.0. The van der Waals surface area contributed by atoms with Crippen molar-refractivity contribution in [1.82, 2.24) is 9.80 Å². The van der Waals surface area contributed by atoms with Crippen LogP contribution < -0.4 is 5.32 Å². The van der Waals surface area contributed by atoms with Crippen LogP contribution in [0.1, 0.15) is 53.0 Å². The molecule has 0 saturated carbocycles. The highest BCUT2D eigenvalue weighted by Crippen LogP contribution is 2.17. The van der Waals surface area contributed by atoms with E-state index < -0.39 is 0 Å². The summed E-state index contributed by atoms with van der Waals surface area (Å²) < 4.78 is 0. The van der Waals surface area contributed by atoms with Crippen LogP contribution in [0.15, 0.2) is 48.5 Å². The topological polar surface area (TPSA) is 69.7 Å². The second kappa shape index (κ2) is 9.37. The van der Waals surface area contributed by atoms with Crippen molar-refractivity contribution in [3.63, 3.8) is 0 Å². The second-order valence-corrected chi connectivity index (χ2v) is 7.13. The van der Waals surface area contributed by atoms with Gasteiger partial charge < -0.3 is 15.1 Å². The largest absolute Gasteiger partial charge is 0.339 e. The van der Waals surface area contributed by atoms with Crippen LogP contribution >= 0.6 is 0 Å². The molecule has 0 radical (unpaired) electrons. The maximum Gasteiger partial charge on any atom is 0.255 e. The summed E-state index contributed by atoms with van der Waals surface area (Å²) in [4.78, 5) is 40.4. The van der Waals surface area contributed by atoms with Gasteiger partial charge in [-0.3, -0.25) is 14.4 Å². The Morgan fingerprint density at radius 2 is 1.76 bits per heavy atom. The maximum atomic E-state index is 12.6. The molecule has 1 N–H and O–H groups in total. The van der Waals surface area contributed by atoms with E-state index in [0.29, 0.717) is 42.9 Å². The van der Waals surface area contributed by atoms with Gasteiger partial charge in [-0.2, -0.15) is 0 Å². The molecule has 6 nitrogen and oxygen atoms in total. The summed E-state index contributed by atoms with van der Waals surface area (Å²) >= 11 is 0. The monoisotopic (exact) mass is 393 g/mol. The number of carbonyl (C=O) groups is 3. The minimum atomic E-state index is -0.235. The van der Waals surface area contributed by atoms with E-state index in [0.717, 1.165) is 18.5 Å². The van der Waals surface area contributed by atoms with E-state index in [1.807, 2.05) is 30.9 Å². The second-order valence-electron chi connectivity index (χ2n) is 7.13. The average molecular weight is 393 g/mol. The third-order valence-corrected chi connectivity index (χ3v) is 5.18. The van der Waals surface area contributed by atoms with Crippen LogP contribution in [-0.4, -0.2) is 47.2 Å². The van der Waals surface area contributed by atoms with E-state index in [4.69, 9.17) is 0 Å². The van der Waals surface area contributed by atoms with Crippen LogP contribution in [-0.2, 0) is 11.3 Å². The van der Waals surface area contributed by atoms with Crippen molar-refractivity contribution in [2.24, 2.45) is 0 Å². The van der Waals surface area contributed by atoms with Crippen molar-refractivity contribution in [3.8, 4) is 0 Å². The maximum absolute atomic E-state index is 12.6. The predicted molar refractivity (Wildman–Crippen MR) is 113 cm³/mol. The number of rotatable bonds is 7. The summed E-state index contributed by atoms with van der Waals surface area (Å²) in [7, 11) is 0. The Hall–Kier alpha value is -3.15. The van der Waals surface area contributed by atoms with Gasteiger partial charge >= 0.3 is 0 Å². The van der Waals surface area contributed by atoms with Crippen LogP contribution in [0.25, 0.3) is 0 Å². The molecule has 2 aromatic rings. The number of nitrogens with zero attached hydrogens (tertiary/aromatic N) is 2. The van der Waals surface area contributed by atoms with Crippen LogP contribution in [0.5, 0.6) is 0 Å². The summed E-state index contributed by atoms with van der Waals surface area (Å²) in [6.07, 6.45) is 1.53. The van der Waals surface area contributed by atoms with Crippen molar-refractivity contribution >= 4 is 23.4 Å². The van der Waals surface area contributed by atoms with Gasteiger partial charge in [-0.15, -0.1) is 0 Å². The van der Waals surface area contributed by atoms with Gasteiger partial charge in [0, 0.05) is 49.4 Å². The molecule has 3 rings (SSSR count). The number of nitrogens with one attached hydrogen (secondary N) is 1. The first-order valence-electron chi connectivity index (χ1n) is 10.1. The van der Waals surface area contributed by atoms with E-state index in [9.17, 15) is 14.4 Å². The lowest BCUT2D eigenvalue weighted by Crippen LogP contribution is -2.30. The summed E-state index contributed by atoms with van der Waals surface area (Å²) in [6.45, 7) is 6.54. The molecule has 0 spiro atoms. The van der Waals surface area contributed by atoms with Gasteiger partial charge in [0.2, 0.25) is 5.91 Å². The highest BCUT2D eigenvalue weighted by atomic mass is 16.2. The first-order chi connectivity index (χ1) is 14.0. The highest BCUT2D eigenvalue weighted by molar-refractivity contribution is 6.05. The van der Waals surface area contributed by atoms with Gasteiger partial charge in [0.15, 0.2) is 0 Å². The predicted octanol–water partition coefficient (Wildman–Crippen LogP) is 3.54. The Bertz CT molecular complexity index is 888. The molecule has 6 heteroatoms. The molecule has 29 heavy (non-hydrogen) atoms. The lowest BCUT2D eigenvalue weighted by molar-refractivity contribution is -0.128. The molecule has 0 unspecified atom stereocenters. The fourth-order valence-corrected chi connectivity index (χ4v) is 3.48. The first kappa shape index (κ1) is 20.6.